The van der Waals surface area contributed by atoms with Crippen molar-refractivity contribution in [2.24, 2.45) is 0 Å². The van der Waals surface area contributed by atoms with Gasteiger partial charge >= 0.3 is 5.97 Å². The molecule has 136 valence electrons. The van der Waals surface area contributed by atoms with E-state index in [9.17, 15) is 4.79 Å². The van der Waals surface area contributed by atoms with Gasteiger partial charge in [0, 0.05) is 5.69 Å². The van der Waals surface area contributed by atoms with Crippen LogP contribution in [0.3, 0.4) is 0 Å². The summed E-state index contributed by atoms with van der Waals surface area (Å²) >= 11 is 0. The second-order valence-electron chi connectivity index (χ2n) is 7.68. The molecule has 0 saturated carbocycles. The second-order valence-corrected chi connectivity index (χ2v) is 13.4. The van der Waals surface area contributed by atoms with Crippen molar-refractivity contribution >= 4 is 14.2 Å². The van der Waals surface area contributed by atoms with Crippen molar-refractivity contribution in [3.8, 4) is 11.3 Å². The molecular weight excluding hydrogens is 326 g/mol. The smallest absolute Gasteiger partial charge is 0.337 e. The van der Waals surface area contributed by atoms with Crippen LogP contribution in [0.4, 0.5) is 0 Å². The molecule has 1 aromatic heterocycles. The Balaban J connectivity index is 2.57. The summed E-state index contributed by atoms with van der Waals surface area (Å²) in [5.74, 6) is -0.294. The molecule has 1 aromatic carbocycles. The third-order valence-corrected chi connectivity index (χ3v) is 12.3. The van der Waals surface area contributed by atoms with Gasteiger partial charge in [0.25, 0.3) is 0 Å². The molecule has 3 nitrogen and oxygen atoms in total. The number of ether oxygens (including phenoxy) is 1. The van der Waals surface area contributed by atoms with E-state index in [2.05, 4.69) is 64.1 Å². The molecule has 0 aliphatic rings. The fourth-order valence-electron chi connectivity index (χ4n) is 4.68. The number of benzene rings is 1. The van der Waals surface area contributed by atoms with Gasteiger partial charge < -0.3 is 8.97 Å². The maximum absolute atomic E-state index is 11.7. The molecule has 0 saturated heterocycles. The third-order valence-electron chi connectivity index (χ3n) is 5.54. The number of esters is 1. The zero-order valence-electron chi connectivity index (χ0n) is 16.5. The molecule has 0 aliphatic heterocycles. The molecule has 0 unspecified atom stereocenters. The van der Waals surface area contributed by atoms with Crippen LogP contribution in [-0.4, -0.2) is 25.5 Å². The van der Waals surface area contributed by atoms with E-state index in [-0.39, 0.29) is 5.97 Å². The average molecular weight is 358 g/mol. The quantitative estimate of drug-likeness (QED) is 0.471. The summed E-state index contributed by atoms with van der Waals surface area (Å²) in [6.07, 6.45) is 2.26. The number of methoxy groups -OCH3 is 1. The van der Waals surface area contributed by atoms with E-state index in [1.807, 2.05) is 24.3 Å². The Bertz CT molecular complexity index is 692. The maximum atomic E-state index is 11.7. The zero-order chi connectivity index (χ0) is 18.8. The minimum Gasteiger partial charge on any atom is -0.465 e. The van der Waals surface area contributed by atoms with Gasteiger partial charge in [-0.1, -0.05) is 53.7 Å². The average Bonchev–Trinajstić information content (AvgIpc) is 3.03. The van der Waals surface area contributed by atoms with Gasteiger partial charge in [0.2, 0.25) is 0 Å². The molecule has 0 radical (unpaired) electrons. The molecule has 0 N–H and O–H groups in total. The van der Waals surface area contributed by atoms with E-state index < -0.39 is 8.24 Å². The summed E-state index contributed by atoms with van der Waals surface area (Å²) in [4.78, 5) is 11.7. The molecule has 25 heavy (non-hydrogen) atoms. The molecule has 2 aromatic rings. The summed E-state index contributed by atoms with van der Waals surface area (Å²) in [6, 6.07) is 12.1. The van der Waals surface area contributed by atoms with Crippen LogP contribution in [0.1, 0.15) is 51.9 Å². The largest absolute Gasteiger partial charge is 0.465 e. The number of aromatic nitrogens is 1. The van der Waals surface area contributed by atoms with Crippen molar-refractivity contribution in [2.75, 3.05) is 7.11 Å². The Morgan fingerprint density at radius 1 is 0.920 bits per heavy atom. The molecule has 1 heterocycles. The molecule has 2 rings (SSSR count). The summed E-state index contributed by atoms with van der Waals surface area (Å²) in [5, 5.41) is 0. The van der Waals surface area contributed by atoms with Crippen LogP contribution >= 0.6 is 0 Å². The van der Waals surface area contributed by atoms with Crippen molar-refractivity contribution < 1.29 is 9.53 Å². The Labute approximate surface area is 153 Å². The van der Waals surface area contributed by atoms with Crippen molar-refractivity contribution in [3.05, 3.63) is 48.2 Å². The predicted octanol–water partition coefficient (Wildman–Crippen LogP) is 5.97. The van der Waals surface area contributed by atoms with Crippen LogP contribution in [0.15, 0.2) is 42.6 Å². The summed E-state index contributed by atoms with van der Waals surface area (Å²) in [7, 11) is -0.384. The number of hydrogen-bond acceptors (Lipinski definition) is 2. The third kappa shape index (κ3) is 3.32. The van der Waals surface area contributed by atoms with Gasteiger partial charge in [0.05, 0.1) is 12.7 Å². The number of rotatable bonds is 6. The first kappa shape index (κ1) is 19.5. The van der Waals surface area contributed by atoms with Crippen LogP contribution in [0, 0.1) is 0 Å². The van der Waals surface area contributed by atoms with Gasteiger partial charge in [-0.15, -0.1) is 0 Å². The molecule has 4 heteroatoms. The van der Waals surface area contributed by atoms with E-state index >= 15 is 0 Å². The fourth-order valence-corrected chi connectivity index (χ4v) is 11.3. The standard InChI is InChI=1S/C21H31NO2Si/c1-15(2)25(16(3)4,17(5)6)22-14-8-9-20(22)18-10-12-19(13-11-18)21(23)24-7/h8-17H,1-7H3. The summed E-state index contributed by atoms with van der Waals surface area (Å²) < 4.78 is 7.39. The lowest BCUT2D eigenvalue weighted by Crippen LogP contribution is -2.51. The first-order valence-corrected chi connectivity index (χ1v) is 11.3. The van der Waals surface area contributed by atoms with Gasteiger partial charge in [0.1, 0.15) is 0 Å². The Morgan fingerprint density at radius 2 is 1.44 bits per heavy atom. The number of carbonyl (C=O) groups excluding carboxylic acids is 1. The van der Waals surface area contributed by atoms with E-state index in [0.717, 1.165) is 5.56 Å². The van der Waals surface area contributed by atoms with E-state index in [1.54, 1.807) is 0 Å². The molecule has 0 amide bonds. The van der Waals surface area contributed by atoms with Crippen LogP contribution in [0.2, 0.25) is 16.6 Å². The number of nitrogens with zero attached hydrogens (tertiary/aromatic N) is 1. The maximum Gasteiger partial charge on any atom is 0.337 e. The van der Waals surface area contributed by atoms with Gasteiger partial charge in [-0.3, -0.25) is 0 Å². The van der Waals surface area contributed by atoms with Gasteiger partial charge in [-0.05, 0) is 52.6 Å². The first-order chi connectivity index (χ1) is 11.8. The van der Waals surface area contributed by atoms with E-state index in [4.69, 9.17) is 4.74 Å². The SMILES string of the molecule is COC(=O)c1ccc(-c2cccn2[Si](C(C)C)(C(C)C)C(C)C)cc1. The van der Waals surface area contributed by atoms with Gasteiger partial charge in [-0.25, -0.2) is 4.79 Å². The highest BCUT2D eigenvalue weighted by Crippen LogP contribution is 2.44. The number of hydrogen-bond donors (Lipinski definition) is 0. The lowest BCUT2D eigenvalue weighted by atomic mass is 10.1. The molecule has 0 fully saturated rings. The highest BCUT2D eigenvalue weighted by atomic mass is 28.3. The Kier molecular flexibility index (Phi) is 5.94. The predicted molar refractivity (Wildman–Crippen MR) is 108 cm³/mol. The van der Waals surface area contributed by atoms with Crippen molar-refractivity contribution in [1.29, 1.82) is 0 Å². The van der Waals surface area contributed by atoms with Crippen LogP contribution < -0.4 is 0 Å². The van der Waals surface area contributed by atoms with Crippen molar-refractivity contribution in [1.82, 2.24) is 4.23 Å². The van der Waals surface area contributed by atoms with E-state index in [1.165, 1.54) is 12.8 Å². The minimum atomic E-state index is -1.80. The second kappa shape index (κ2) is 7.61. The topological polar surface area (TPSA) is 31.2 Å². The summed E-state index contributed by atoms with van der Waals surface area (Å²) in [6.45, 7) is 14.2. The van der Waals surface area contributed by atoms with Crippen molar-refractivity contribution in [2.45, 2.75) is 58.2 Å². The monoisotopic (exact) mass is 357 g/mol. The lowest BCUT2D eigenvalue weighted by molar-refractivity contribution is 0.0601. The highest BCUT2D eigenvalue weighted by Gasteiger charge is 2.45. The van der Waals surface area contributed by atoms with Crippen LogP contribution in [0.25, 0.3) is 11.3 Å². The van der Waals surface area contributed by atoms with Crippen LogP contribution in [0.5, 0.6) is 0 Å². The Hall–Kier alpha value is -1.81. The number of carbonyl (C=O) groups is 1. The zero-order valence-corrected chi connectivity index (χ0v) is 17.5. The van der Waals surface area contributed by atoms with Gasteiger partial charge in [-0.2, -0.15) is 0 Å². The first-order valence-electron chi connectivity index (χ1n) is 9.13. The molecular formula is C21H31NO2Si. The molecule has 0 spiro atoms. The fraction of sp³-hybridized carbons (Fsp3) is 0.476. The minimum absolute atomic E-state index is 0.294. The summed E-state index contributed by atoms with van der Waals surface area (Å²) in [5.41, 5.74) is 4.88. The van der Waals surface area contributed by atoms with Gasteiger partial charge in [0.15, 0.2) is 8.24 Å². The van der Waals surface area contributed by atoms with Crippen LogP contribution in [-0.2, 0) is 4.74 Å². The van der Waals surface area contributed by atoms with Crippen molar-refractivity contribution in [3.63, 3.8) is 0 Å². The normalized spacial score (nSPS) is 12.2. The lowest BCUT2D eigenvalue weighted by Gasteiger charge is -2.45. The molecule has 0 bridgehead atoms. The molecule has 0 aliphatic carbocycles. The highest BCUT2D eigenvalue weighted by molar-refractivity contribution is 6.82. The Morgan fingerprint density at radius 3 is 1.88 bits per heavy atom. The van der Waals surface area contributed by atoms with E-state index in [0.29, 0.717) is 22.2 Å². The molecule has 0 atom stereocenters.